The molecule has 1 nitrogen and oxygen atoms in total. The Balaban J connectivity index is 1.62. The van der Waals surface area contributed by atoms with Gasteiger partial charge in [0.15, 0.2) is 0 Å². The molecule has 0 saturated heterocycles. The van der Waals surface area contributed by atoms with Crippen LogP contribution in [0.3, 0.4) is 0 Å². The van der Waals surface area contributed by atoms with Crippen molar-refractivity contribution >= 4 is 0 Å². The fraction of sp³-hybridized carbons (Fsp3) is 0.500. The first-order valence-electron chi connectivity index (χ1n) is 10.5. The molecular weight excluding hydrogens is 380 g/mol. The van der Waals surface area contributed by atoms with E-state index in [1.165, 1.54) is 62.8 Å². The third-order valence-corrected chi connectivity index (χ3v) is 5.93. The van der Waals surface area contributed by atoms with Crippen molar-refractivity contribution in [1.29, 1.82) is 0 Å². The van der Waals surface area contributed by atoms with Crippen molar-refractivity contribution in [3.05, 3.63) is 53.8 Å². The van der Waals surface area contributed by atoms with Crippen molar-refractivity contribution in [2.75, 3.05) is 0 Å². The summed E-state index contributed by atoms with van der Waals surface area (Å²) in [5.74, 6) is 0.550. The molecule has 1 saturated carbocycles. The molecule has 0 atom stereocenters. The van der Waals surface area contributed by atoms with Crippen LogP contribution >= 0.6 is 0 Å². The van der Waals surface area contributed by atoms with Crippen molar-refractivity contribution in [3.63, 3.8) is 0 Å². The van der Waals surface area contributed by atoms with Crippen molar-refractivity contribution in [3.8, 4) is 16.9 Å². The maximum absolute atomic E-state index is 14.7. The molecule has 158 valence electrons. The summed E-state index contributed by atoms with van der Waals surface area (Å²) in [4.78, 5) is 0. The average molecular weight is 408 g/mol. The van der Waals surface area contributed by atoms with Gasteiger partial charge in [-0.3, -0.25) is 0 Å². The predicted octanol–water partition coefficient (Wildman–Crippen LogP) is 8.25. The van der Waals surface area contributed by atoms with Crippen LogP contribution in [0, 0.1) is 11.7 Å². The molecule has 0 aromatic heterocycles. The Morgan fingerprint density at radius 2 is 1.62 bits per heavy atom. The van der Waals surface area contributed by atoms with E-state index in [0.717, 1.165) is 24.3 Å². The van der Waals surface area contributed by atoms with Gasteiger partial charge in [-0.15, -0.1) is 13.2 Å². The molecule has 2 aromatic rings. The zero-order valence-corrected chi connectivity index (χ0v) is 16.8. The smallest absolute Gasteiger partial charge is 0.406 e. The summed E-state index contributed by atoms with van der Waals surface area (Å²) in [7, 11) is 0. The lowest BCUT2D eigenvalue weighted by atomic mass is 9.77. The third kappa shape index (κ3) is 6.22. The van der Waals surface area contributed by atoms with E-state index in [1.54, 1.807) is 12.1 Å². The zero-order valence-electron chi connectivity index (χ0n) is 16.8. The first kappa shape index (κ1) is 21.7. The van der Waals surface area contributed by atoms with Crippen LogP contribution in [0.1, 0.15) is 69.8 Å². The van der Waals surface area contributed by atoms with Gasteiger partial charge in [0.05, 0.1) is 0 Å². The fourth-order valence-electron chi connectivity index (χ4n) is 4.32. The molecule has 2 aromatic carbocycles. The Hall–Kier alpha value is -2.04. The highest BCUT2D eigenvalue weighted by atomic mass is 19.4. The molecule has 29 heavy (non-hydrogen) atoms. The molecule has 1 aliphatic rings. The second-order valence-electron chi connectivity index (χ2n) is 8.02. The normalized spacial score (nSPS) is 19.9. The van der Waals surface area contributed by atoms with Crippen LogP contribution in [-0.2, 0) is 0 Å². The number of hydrogen-bond acceptors (Lipinski definition) is 1. The summed E-state index contributed by atoms with van der Waals surface area (Å²) in [6.45, 7) is 2.22. The summed E-state index contributed by atoms with van der Waals surface area (Å²) < 4.78 is 55.4. The highest BCUT2D eigenvalue weighted by molar-refractivity contribution is 5.65. The summed E-state index contributed by atoms with van der Waals surface area (Å²) >= 11 is 0. The average Bonchev–Trinajstić information content (AvgIpc) is 2.68. The lowest BCUT2D eigenvalue weighted by molar-refractivity contribution is -0.274. The summed E-state index contributed by atoms with van der Waals surface area (Å²) in [6, 6.07) is 10.6. The first-order valence-corrected chi connectivity index (χ1v) is 10.5. The lowest BCUT2D eigenvalue weighted by Crippen LogP contribution is -2.16. The Bertz CT molecular complexity index is 774. The van der Waals surface area contributed by atoms with E-state index in [1.807, 2.05) is 6.07 Å². The molecule has 1 aliphatic carbocycles. The molecule has 0 bridgehead atoms. The Morgan fingerprint density at radius 1 is 0.931 bits per heavy atom. The van der Waals surface area contributed by atoms with Crippen molar-refractivity contribution < 1.29 is 22.3 Å². The Morgan fingerprint density at radius 3 is 2.21 bits per heavy atom. The van der Waals surface area contributed by atoms with E-state index in [2.05, 4.69) is 11.7 Å². The van der Waals surface area contributed by atoms with Crippen LogP contribution < -0.4 is 4.74 Å². The van der Waals surface area contributed by atoms with E-state index in [4.69, 9.17) is 0 Å². The van der Waals surface area contributed by atoms with Gasteiger partial charge in [-0.25, -0.2) is 4.39 Å². The van der Waals surface area contributed by atoms with Gasteiger partial charge >= 0.3 is 6.36 Å². The van der Waals surface area contributed by atoms with Gasteiger partial charge in [0.25, 0.3) is 0 Å². The second kappa shape index (κ2) is 9.64. The van der Waals surface area contributed by atoms with Gasteiger partial charge in [-0.05, 0) is 66.8 Å². The quantitative estimate of drug-likeness (QED) is 0.331. The van der Waals surface area contributed by atoms with Crippen molar-refractivity contribution in [2.24, 2.45) is 5.92 Å². The molecule has 0 N–H and O–H groups in total. The predicted molar refractivity (Wildman–Crippen MR) is 107 cm³/mol. The first-order chi connectivity index (χ1) is 13.9. The van der Waals surface area contributed by atoms with Crippen LogP contribution in [0.4, 0.5) is 17.6 Å². The van der Waals surface area contributed by atoms with Gasteiger partial charge in [0, 0.05) is 5.56 Å². The highest BCUT2D eigenvalue weighted by Crippen LogP contribution is 2.39. The van der Waals surface area contributed by atoms with Gasteiger partial charge in [-0.1, -0.05) is 56.9 Å². The van der Waals surface area contributed by atoms with Gasteiger partial charge in [0.2, 0.25) is 0 Å². The maximum atomic E-state index is 14.7. The fourth-order valence-corrected chi connectivity index (χ4v) is 4.32. The molecule has 0 heterocycles. The number of rotatable bonds is 7. The minimum absolute atomic E-state index is 0.311. The lowest BCUT2D eigenvalue weighted by Gasteiger charge is -2.29. The van der Waals surface area contributed by atoms with Crippen LogP contribution in [-0.4, -0.2) is 6.36 Å². The number of alkyl halides is 3. The SMILES string of the molecule is CCCCC[C@H]1CC[C@H](c2ccc(-c3ccc(OC(F)(F)F)cc3)c(F)c2)CC1. The molecule has 0 amide bonds. The minimum Gasteiger partial charge on any atom is -0.406 e. The molecule has 0 radical (unpaired) electrons. The van der Waals surface area contributed by atoms with E-state index in [9.17, 15) is 17.6 Å². The van der Waals surface area contributed by atoms with Crippen molar-refractivity contribution in [2.45, 2.75) is 70.6 Å². The van der Waals surface area contributed by atoms with E-state index >= 15 is 0 Å². The second-order valence-corrected chi connectivity index (χ2v) is 8.02. The van der Waals surface area contributed by atoms with Crippen LogP contribution in [0.25, 0.3) is 11.1 Å². The van der Waals surface area contributed by atoms with E-state index < -0.39 is 6.36 Å². The largest absolute Gasteiger partial charge is 0.573 e. The number of halogens is 4. The molecule has 1 fully saturated rings. The molecule has 3 rings (SSSR count). The molecule has 0 spiro atoms. The highest BCUT2D eigenvalue weighted by Gasteiger charge is 2.31. The van der Waals surface area contributed by atoms with Crippen LogP contribution in [0.5, 0.6) is 5.75 Å². The van der Waals surface area contributed by atoms with Gasteiger partial charge in [-0.2, -0.15) is 0 Å². The Labute approximate surface area is 170 Å². The monoisotopic (exact) mass is 408 g/mol. The molecule has 0 aliphatic heterocycles. The third-order valence-electron chi connectivity index (χ3n) is 5.93. The number of benzene rings is 2. The number of hydrogen-bond donors (Lipinski definition) is 0. The molecule has 5 heteroatoms. The standard InChI is InChI=1S/C24H28F4O/c1-2-3-4-5-17-6-8-18(9-7-17)20-12-15-22(23(25)16-20)19-10-13-21(14-11-19)29-24(26,27)28/h10-18H,2-9H2,1H3/t17-,18-. The zero-order chi connectivity index (χ0) is 20.9. The van der Waals surface area contributed by atoms with Crippen LogP contribution in [0.2, 0.25) is 0 Å². The number of unbranched alkanes of at least 4 members (excludes halogenated alkanes) is 2. The topological polar surface area (TPSA) is 9.23 Å². The minimum atomic E-state index is -4.73. The van der Waals surface area contributed by atoms with Gasteiger partial charge < -0.3 is 4.74 Å². The maximum Gasteiger partial charge on any atom is 0.573 e. The number of ether oxygens (including phenoxy) is 1. The van der Waals surface area contributed by atoms with E-state index in [0.29, 0.717) is 17.0 Å². The van der Waals surface area contributed by atoms with Crippen LogP contribution in [0.15, 0.2) is 42.5 Å². The van der Waals surface area contributed by atoms with E-state index in [-0.39, 0.29) is 11.6 Å². The van der Waals surface area contributed by atoms with Gasteiger partial charge in [0.1, 0.15) is 11.6 Å². The summed E-state index contributed by atoms with van der Waals surface area (Å²) in [5.41, 5.74) is 1.94. The summed E-state index contributed by atoms with van der Waals surface area (Å²) in [5, 5.41) is 0. The molecular formula is C24H28F4O. The summed E-state index contributed by atoms with van der Waals surface area (Å²) in [6.07, 6.45) is 5.04. The Kier molecular flexibility index (Phi) is 7.20. The van der Waals surface area contributed by atoms with Crippen molar-refractivity contribution in [1.82, 2.24) is 0 Å². The molecule has 0 unspecified atom stereocenters.